The second-order valence-corrected chi connectivity index (χ2v) is 4.54. The van der Waals surface area contributed by atoms with Crippen molar-refractivity contribution in [2.24, 2.45) is 0 Å². The third-order valence-corrected chi connectivity index (χ3v) is 3.42. The molecule has 1 aliphatic heterocycles. The zero-order chi connectivity index (χ0) is 12.3. The molecule has 0 spiro atoms. The van der Waals surface area contributed by atoms with Gasteiger partial charge in [-0.15, -0.1) is 24.8 Å². The minimum atomic E-state index is -0.520. The summed E-state index contributed by atoms with van der Waals surface area (Å²) in [5.41, 5.74) is 0.571. The molecule has 19 heavy (non-hydrogen) atoms. The number of alkyl halides is 1. The average Bonchev–Trinajstić information content (AvgIpc) is 2.37. The molecule has 3 nitrogen and oxygen atoms in total. The lowest BCUT2D eigenvalue weighted by Crippen LogP contribution is -2.45. The van der Waals surface area contributed by atoms with E-state index < -0.39 is 12.7 Å². The predicted octanol–water partition coefficient (Wildman–Crippen LogP) is 2.81. The molecule has 110 valence electrons. The van der Waals surface area contributed by atoms with Gasteiger partial charge in [0.25, 0.3) is 0 Å². The van der Waals surface area contributed by atoms with E-state index in [-0.39, 0.29) is 35.6 Å². The SMILES string of the molecule is Cl.Cl.Oc1c(Cl)cccc1[C@@H](CF)N1CCNCC1. The van der Waals surface area contributed by atoms with E-state index in [1.54, 1.807) is 18.2 Å². The number of para-hydroxylation sites is 1. The van der Waals surface area contributed by atoms with Crippen LogP contribution in [0.5, 0.6) is 5.75 Å². The van der Waals surface area contributed by atoms with Crippen molar-refractivity contribution < 1.29 is 9.50 Å². The van der Waals surface area contributed by atoms with E-state index in [0.29, 0.717) is 5.56 Å². The predicted molar refractivity (Wildman–Crippen MR) is 80.8 cm³/mol. The molecule has 2 rings (SSSR count). The van der Waals surface area contributed by atoms with Crippen molar-refractivity contribution in [1.82, 2.24) is 10.2 Å². The number of phenols is 1. The first-order valence-electron chi connectivity index (χ1n) is 5.72. The number of nitrogens with one attached hydrogen (secondary N) is 1. The third kappa shape index (κ3) is 4.36. The highest BCUT2D eigenvalue weighted by Gasteiger charge is 2.24. The molecule has 1 atom stereocenters. The van der Waals surface area contributed by atoms with Crippen LogP contribution in [0.15, 0.2) is 18.2 Å². The number of halogens is 4. The molecule has 1 aromatic carbocycles. The summed E-state index contributed by atoms with van der Waals surface area (Å²) >= 11 is 5.85. The van der Waals surface area contributed by atoms with Crippen LogP contribution in [-0.4, -0.2) is 42.9 Å². The van der Waals surface area contributed by atoms with E-state index in [1.807, 2.05) is 4.90 Å². The van der Waals surface area contributed by atoms with Crippen LogP contribution in [0.1, 0.15) is 11.6 Å². The molecule has 0 saturated carbocycles. The normalized spacial score (nSPS) is 17.2. The largest absolute Gasteiger partial charge is 0.506 e. The molecule has 0 aromatic heterocycles. The van der Waals surface area contributed by atoms with Crippen molar-refractivity contribution >= 4 is 36.4 Å². The van der Waals surface area contributed by atoms with Crippen molar-refractivity contribution in [3.05, 3.63) is 28.8 Å². The van der Waals surface area contributed by atoms with E-state index in [1.165, 1.54) is 0 Å². The van der Waals surface area contributed by atoms with Gasteiger partial charge in [0.05, 0.1) is 11.1 Å². The second-order valence-electron chi connectivity index (χ2n) is 4.13. The molecule has 1 saturated heterocycles. The molecule has 0 aliphatic carbocycles. The van der Waals surface area contributed by atoms with Gasteiger partial charge in [0, 0.05) is 31.7 Å². The maximum atomic E-state index is 13.2. The van der Waals surface area contributed by atoms with Gasteiger partial charge in [0.15, 0.2) is 0 Å². The fourth-order valence-electron chi connectivity index (χ4n) is 2.17. The van der Waals surface area contributed by atoms with Gasteiger partial charge in [-0.25, -0.2) is 4.39 Å². The number of nitrogens with zero attached hydrogens (tertiary/aromatic N) is 1. The molecule has 1 fully saturated rings. The number of hydrogen-bond donors (Lipinski definition) is 2. The van der Waals surface area contributed by atoms with Gasteiger partial charge in [-0.3, -0.25) is 4.90 Å². The summed E-state index contributed by atoms with van der Waals surface area (Å²) in [5, 5.41) is 13.4. The lowest BCUT2D eigenvalue weighted by Gasteiger charge is -2.33. The van der Waals surface area contributed by atoms with Crippen LogP contribution in [0.3, 0.4) is 0 Å². The Morgan fingerprint density at radius 1 is 1.32 bits per heavy atom. The molecule has 1 heterocycles. The van der Waals surface area contributed by atoms with Gasteiger partial charge in [0.2, 0.25) is 0 Å². The molecule has 0 radical (unpaired) electrons. The van der Waals surface area contributed by atoms with Crippen molar-refractivity contribution in [2.45, 2.75) is 6.04 Å². The molecule has 0 amide bonds. The summed E-state index contributed by atoms with van der Waals surface area (Å²) < 4.78 is 13.2. The first-order valence-corrected chi connectivity index (χ1v) is 6.10. The molecular formula is C12H18Cl3FN2O. The summed E-state index contributed by atoms with van der Waals surface area (Å²) in [6.45, 7) is 2.73. The minimum Gasteiger partial charge on any atom is -0.506 e. The first kappa shape index (κ1) is 18.7. The van der Waals surface area contributed by atoms with Gasteiger partial charge < -0.3 is 10.4 Å². The van der Waals surface area contributed by atoms with Gasteiger partial charge in [0.1, 0.15) is 12.4 Å². The maximum Gasteiger partial charge on any atom is 0.139 e. The van der Waals surface area contributed by atoms with Crippen LogP contribution >= 0.6 is 36.4 Å². The zero-order valence-corrected chi connectivity index (χ0v) is 12.7. The molecule has 1 aromatic rings. The smallest absolute Gasteiger partial charge is 0.139 e. The van der Waals surface area contributed by atoms with Crippen LogP contribution < -0.4 is 5.32 Å². The summed E-state index contributed by atoms with van der Waals surface area (Å²) in [6.07, 6.45) is 0. The number of hydrogen-bond acceptors (Lipinski definition) is 3. The lowest BCUT2D eigenvalue weighted by atomic mass is 10.0. The monoisotopic (exact) mass is 330 g/mol. The van der Waals surface area contributed by atoms with Gasteiger partial charge in [-0.2, -0.15) is 0 Å². The number of piperazine rings is 1. The second kappa shape index (κ2) is 8.82. The Kier molecular flexibility index (Phi) is 8.70. The number of phenolic OH excluding ortho intramolecular Hbond substituents is 1. The third-order valence-electron chi connectivity index (χ3n) is 3.12. The van der Waals surface area contributed by atoms with E-state index in [9.17, 15) is 9.50 Å². The van der Waals surface area contributed by atoms with E-state index in [0.717, 1.165) is 26.2 Å². The Bertz CT molecular complexity index is 389. The van der Waals surface area contributed by atoms with Crippen LogP contribution in [0.4, 0.5) is 4.39 Å². The standard InChI is InChI=1S/C12H16ClFN2O.2ClH/c13-10-3-1-2-9(12(10)17)11(8-14)16-6-4-15-5-7-16;;/h1-3,11,15,17H,4-8H2;2*1H/t11-;;/m1../s1. The summed E-state index contributed by atoms with van der Waals surface area (Å²) in [4.78, 5) is 2.03. The van der Waals surface area contributed by atoms with E-state index in [4.69, 9.17) is 11.6 Å². The highest BCUT2D eigenvalue weighted by atomic mass is 35.5. The minimum absolute atomic E-state index is 0. The Labute approximate surface area is 129 Å². The molecule has 0 bridgehead atoms. The Morgan fingerprint density at radius 2 is 1.95 bits per heavy atom. The Balaban J connectivity index is 0.00000162. The first-order chi connectivity index (χ1) is 8.24. The number of aromatic hydroxyl groups is 1. The molecule has 7 heteroatoms. The van der Waals surface area contributed by atoms with Crippen molar-refractivity contribution in [1.29, 1.82) is 0 Å². The average molecular weight is 332 g/mol. The topological polar surface area (TPSA) is 35.5 Å². The summed E-state index contributed by atoms with van der Waals surface area (Å²) in [6, 6.07) is 4.67. The van der Waals surface area contributed by atoms with Crippen LogP contribution in [0.2, 0.25) is 5.02 Å². The highest BCUT2D eigenvalue weighted by Crippen LogP contribution is 2.34. The molecule has 1 aliphatic rings. The number of benzene rings is 1. The van der Waals surface area contributed by atoms with Gasteiger partial charge in [-0.1, -0.05) is 23.7 Å². The quantitative estimate of drug-likeness (QED) is 0.894. The van der Waals surface area contributed by atoms with E-state index >= 15 is 0 Å². The van der Waals surface area contributed by atoms with Crippen LogP contribution in [-0.2, 0) is 0 Å². The van der Waals surface area contributed by atoms with Crippen molar-refractivity contribution in [2.75, 3.05) is 32.9 Å². The van der Waals surface area contributed by atoms with Crippen LogP contribution in [0, 0.1) is 0 Å². The molecule has 0 unspecified atom stereocenters. The maximum absolute atomic E-state index is 13.2. The van der Waals surface area contributed by atoms with Crippen molar-refractivity contribution in [3.63, 3.8) is 0 Å². The number of rotatable bonds is 3. The summed E-state index contributed by atoms with van der Waals surface area (Å²) in [7, 11) is 0. The van der Waals surface area contributed by atoms with Crippen LogP contribution in [0.25, 0.3) is 0 Å². The fraction of sp³-hybridized carbons (Fsp3) is 0.500. The van der Waals surface area contributed by atoms with E-state index in [2.05, 4.69) is 5.32 Å². The van der Waals surface area contributed by atoms with Gasteiger partial charge in [-0.05, 0) is 6.07 Å². The zero-order valence-electron chi connectivity index (χ0n) is 10.3. The fourth-order valence-corrected chi connectivity index (χ4v) is 2.35. The molecule has 2 N–H and O–H groups in total. The highest BCUT2D eigenvalue weighted by molar-refractivity contribution is 6.32. The summed E-state index contributed by atoms with van der Waals surface area (Å²) in [5.74, 6) is -0.00431. The lowest BCUT2D eigenvalue weighted by molar-refractivity contribution is 0.145. The molecular weight excluding hydrogens is 314 g/mol. The Morgan fingerprint density at radius 3 is 2.53 bits per heavy atom. The Hall–Kier alpha value is -0.260. The van der Waals surface area contributed by atoms with Gasteiger partial charge >= 0.3 is 0 Å². The van der Waals surface area contributed by atoms with Crippen molar-refractivity contribution in [3.8, 4) is 5.75 Å².